The van der Waals surface area contributed by atoms with Crippen LogP contribution >= 0.6 is 0 Å². The van der Waals surface area contributed by atoms with Crippen LogP contribution in [0, 0.1) is 13.8 Å². The molecular formula is C19H20N6O3. The second-order valence-electron chi connectivity index (χ2n) is 6.33. The van der Waals surface area contributed by atoms with Crippen molar-refractivity contribution in [2.75, 3.05) is 5.32 Å². The summed E-state index contributed by atoms with van der Waals surface area (Å²) >= 11 is 0. The van der Waals surface area contributed by atoms with Crippen LogP contribution in [0.3, 0.4) is 0 Å². The Morgan fingerprint density at radius 2 is 1.93 bits per heavy atom. The predicted molar refractivity (Wildman–Crippen MR) is 102 cm³/mol. The number of nitrogens with zero attached hydrogens (tertiary/aromatic N) is 3. The highest BCUT2D eigenvalue weighted by atomic mass is 16.4. The molecule has 3 aromatic rings. The molecule has 28 heavy (non-hydrogen) atoms. The molecule has 0 spiro atoms. The zero-order chi connectivity index (χ0) is 20.1. The lowest BCUT2D eigenvalue weighted by Gasteiger charge is -2.14. The minimum Gasteiger partial charge on any atom is -0.480 e. The Balaban J connectivity index is 1.73. The average molecular weight is 380 g/mol. The number of carbonyl (C=O) groups excluding carboxylic acids is 1. The van der Waals surface area contributed by atoms with Gasteiger partial charge in [0.25, 0.3) is 5.91 Å². The Hall–Kier alpha value is -3.75. The van der Waals surface area contributed by atoms with Gasteiger partial charge in [-0.05, 0) is 38.1 Å². The van der Waals surface area contributed by atoms with Gasteiger partial charge in [-0.1, -0.05) is 6.07 Å². The summed E-state index contributed by atoms with van der Waals surface area (Å²) in [5, 5.41) is 15.0. The summed E-state index contributed by atoms with van der Waals surface area (Å²) < 4.78 is 0. The first-order chi connectivity index (χ1) is 13.4. The van der Waals surface area contributed by atoms with Crippen molar-refractivity contribution in [1.82, 2.24) is 25.3 Å². The Morgan fingerprint density at radius 3 is 2.57 bits per heavy atom. The van der Waals surface area contributed by atoms with Crippen molar-refractivity contribution < 1.29 is 14.7 Å². The second-order valence-corrected chi connectivity index (χ2v) is 6.33. The summed E-state index contributed by atoms with van der Waals surface area (Å²) in [4.78, 5) is 39.3. The van der Waals surface area contributed by atoms with E-state index in [1.54, 1.807) is 24.3 Å². The number of aliphatic carboxylic acids is 1. The van der Waals surface area contributed by atoms with E-state index >= 15 is 0 Å². The molecule has 0 radical (unpaired) electrons. The number of carboxylic acids is 1. The van der Waals surface area contributed by atoms with Gasteiger partial charge >= 0.3 is 5.97 Å². The highest BCUT2D eigenvalue weighted by Gasteiger charge is 2.22. The molecule has 1 atom stereocenters. The van der Waals surface area contributed by atoms with E-state index in [1.807, 2.05) is 19.9 Å². The summed E-state index contributed by atoms with van der Waals surface area (Å²) in [6.45, 7) is 3.74. The van der Waals surface area contributed by atoms with Crippen LogP contribution < -0.4 is 10.6 Å². The lowest BCUT2D eigenvalue weighted by molar-refractivity contribution is -0.139. The van der Waals surface area contributed by atoms with Gasteiger partial charge < -0.3 is 20.7 Å². The van der Waals surface area contributed by atoms with Crippen LogP contribution in [0.15, 0.2) is 42.9 Å². The molecule has 0 saturated heterocycles. The zero-order valence-electron chi connectivity index (χ0n) is 15.4. The number of benzene rings is 1. The molecule has 0 saturated carbocycles. The Bertz CT molecular complexity index is 967. The first kappa shape index (κ1) is 19.0. The summed E-state index contributed by atoms with van der Waals surface area (Å²) in [7, 11) is 0. The molecule has 2 aromatic heterocycles. The van der Waals surface area contributed by atoms with Gasteiger partial charge in [0.15, 0.2) is 0 Å². The van der Waals surface area contributed by atoms with Crippen molar-refractivity contribution in [3.05, 3.63) is 65.5 Å². The van der Waals surface area contributed by atoms with Gasteiger partial charge in [-0.2, -0.15) is 0 Å². The van der Waals surface area contributed by atoms with Crippen molar-refractivity contribution in [1.29, 1.82) is 0 Å². The third-order valence-corrected chi connectivity index (χ3v) is 3.95. The third kappa shape index (κ3) is 4.91. The quantitative estimate of drug-likeness (QED) is 0.492. The van der Waals surface area contributed by atoms with Crippen LogP contribution in [-0.2, 0) is 11.2 Å². The average Bonchev–Trinajstić information content (AvgIpc) is 3.13. The molecule has 3 rings (SSSR count). The minimum absolute atomic E-state index is 0.107. The molecule has 144 valence electrons. The van der Waals surface area contributed by atoms with Gasteiger partial charge in [-0.25, -0.2) is 19.7 Å². The van der Waals surface area contributed by atoms with Crippen molar-refractivity contribution >= 4 is 23.5 Å². The molecule has 2 heterocycles. The number of hydrogen-bond acceptors (Lipinski definition) is 6. The van der Waals surface area contributed by atoms with E-state index in [0.717, 1.165) is 11.4 Å². The molecule has 1 aromatic carbocycles. The number of imidazole rings is 1. The minimum atomic E-state index is -1.12. The van der Waals surface area contributed by atoms with Crippen molar-refractivity contribution in [3.63, 3.8) is 0 Å². The number of H-pyrrole nitrogens is 1. The molecule has 1 amide bonds. The SMILES string of the molecule is Cc1cc(C)nc(Nc2cccc(C(=O)NC(Cc3cnc[nH]3)C(=O)O)c2)n1. The number of nitrogens with one attached hydrogen (secondary N) is 3. The standard InChI is InChI=1S/C19H20N6O3/c1-11-6-12(2)23-19(22-11)24-14-5-3-4-13(7-14)17(26)25-16(18(27)28)8-15-9-20-10-21-15/h3-7,9-10,16H,8H2,1-2H3,(H,20,21)(H,25,26)(H,27,28)(H,22,23,24). The van der Waals surface area contributed by atoms with Gasteiger partial charge in [0.1, 0.15) is 6.04 Å². The number of aromatic amines is 1. The molecule has 1 unspecified atom stereocenters. The molecule has 0 aliphatic rings. The number of aromatic nitrogens is 4. The monoisotopic (exact) mass is 380 g/mol. The highest BCUT2D eigenvalue weighted by molar-refractivity contribution is 5.97. The van der Waals surface area contributed by atoms with Gasteiger partial charge in [-0.3, -0.25) is 4.79 Å². The molecule has 9 nitrogen and oxygen atoms in total. The second kappa shape index (κ2) is 8.30. The first-order valence-corrected chi connectivity index (χ1v) is 8.61. The lowest BCUT2D eigenvalue weighted by Crippen LogP contribution is -2.42. The highest BCUT2D eigenvalue weighted by Crippen LogP contribution is 2.16. The fourth-order valence-electron chi connectivity index (χ4n) is 2.71. The zero-order valence-corrected chi connectivity index (χ0v) is 15.4. The summed E-state index contributed by atoms with van der Waals surface area (Å²) in [5.41, 5.74) is 3.22. The smallest absolute Gasteiger partial charge is 0.326 e. The molecule has 4 N–H and O–H groups in total. The normalized spacial score (nSPS) is 11.6. The Morgan fingerprint density at radius 1 is 1.18 bits per heavy atom. The summed E-state index contributed by atoms with van der Waals surface area (Å²) in [6.07, 6.45) is 3.09. The Labute approximate surface area is 161 Å². The first-order valence-electron chi connectivity index (χ1n) is 8.61. The van der Waals surface area contributed by atoms with Gasteiger partial charge in [0.2, 0.25) is 5.95 Å². The molecule has 0 fully saturated rings. The topological polar surface area (TPSA) is 133 Å². The maximum Gasteiger partial charge on any atom is 0.326 e. The molecular weight excluding hydrogens is 360 g/mol. The largest absolute Gasteiger partial charge is 0.480 e. The van der Waals surface area contributed by atoms with Crippen LogP contribution in [0.4, 0.5) is 11.6 Å². The fraction of sp³-hybridized carbons (Fsp3) is 0.211. The molecule has 0 aliphatic carbocycles. The molecule has 0 bridgehead atoms. The van der Waals surface area contributed by atoms with E-state index in [0.29, 0.717) is 22.9 Å². The van der Waals surface area contributed by atoms with E-state index in [-0.39, 0.29) is 6.42 Å². The number of aryl methyl sites for hydroxylation is 2. The predicted octanol–water partition coefficient (Wildman–Crippen LogP) is 1.99. The summed E-state index contributed by atoms with van der Waals surface area (Å²) in [6, 6.07) is 7.48. The van der Waals surface area contributed by atoms with Gasteiger partial charge in [-0.15, -0.1) is 0 Å². The van der Waals surface area contributed by atoms with Crippen LogP contribution in [0.2, 0.25) is 0 Å². The molecule has 0 aliphatic heterocycles. The van der Waals surface area contributed by atoms with Crippen LogP contribution in [0.25, 0.3) is 0 Å². The van der Waals surface area contributed by atoms with Crippen molar-refractivity contribution in [2.45, 2.75) is 26.3 Å². The van der Waals surface area contributed by atoms with E-state index in [4.69, 9.17) is 0 Å². The van der Waals surface area contributed by atoms with Gasteiger partial charge in [0.05, 0.1) is 6.33 Å². The van der Waals surface area contributed by atoms with Gasteiger partial charge in [0, 0.05) is 41.0 Å². The maximum atomic E-state index is 12.5. The number of carbonyl (C=O) groups is 2. The van der Waals surface area contributed by atoms with Crippen LogP contribution in [0.1, 0.15) is 27.4 Å². The van der Waals surface area contributed by atoms with Crippen molar-refractivity contribution in [3.8, 4) is 0 Å². The number of anilines is 2. The number of rotatable bonds is 7. The van der Waals surface area contributed by atoms with E-state index in [1.165, 1.54) is 12.5 Å². The third-order valence-electron chi connectivity index (χ3n) is 3.95. The fourth-order valence-corrected chi connectivity index (χ4v) is 2.71. The lowest BCUT2D eigenvalue weighted by atomic mass is 10.1. The van der Waals surface area contributed by atoms with E-state index in [9.17, 15) is 14.7 Å². The Kier molecular flexibility index (Phi) is 5.64. The number of amides is 1. The van der Waals surface area contributed by atoms with E-state index < -0.39 is 17.9 Å². The van der Waals surface area contributed by atoms with Crippen molar-refractivity contribution in [2.24, 2.45) is 0 Å². The van der Waals surface area contributed by atoms with E-state index in [2.05, 4.69) is 30.6 Å². The summed E-state index contributed by atoms with van der Waals surface area (Å²) in [5.74, 6) is -1.18. The molecule has 9 heteroatoms. The number of carboxylic acid groups (broad SMARTS) is 1. The maximum absolute atomic E-state index is 12.5. The number of hydrogen-bond donors (Lipinski definition) is 4. The van der Waals surface area contributed by atoms with Crippen LogP contribution in [-0.4, -0.2) is 43.0 Å². The van der Waals surface area contributed by atoms with Crippen LogP contribution in [0.5, 0.6) is 0 Å².